The van der Waals surface area contributed by atoms with E-state index in [0.29, 0.717) is 37.9 Å². The Kier molecular flexibility index (Phi) is 6.85. The molecule has 1 saturated heterocycles. The molecule has 3 atom stereocenters. The first-order chi connectivity index (χ1) is 17.4. The minimum absolute atomic E-state index is 0.0584. The third-order valence-corrected chi connectivity index (χ3v) is 6.70. The van der Waals surface area contributed by atoms with Gasteiger partial charge in [0.25, 0.3) is 0 Å². The van der Waals surface area contributed by atoms with Gasteiger partial charge in [-0.2, -0.15) is 0 Å². The molecular formula is C29H30O7. The summed E-state index contributed by atoms with van der Waals surface area (Å²) in [5.74, 6) is 1.15. The molecule has 2 N–H and O–H groups in total. The lowest BCUT2D eigenvalue weighted by atomic mass is 9.94. The average molecular weight is 491 g/mol. The van der Waals surface area contributed by atoms with Gasteiger partial charge in [0, 0.05) is 17.5 Å². The van der Waals surface area contributed by atoms with E-state index in [2.05, 4.69) is 26.0 Å². The van der Waals surface area contributed by atoms with Crippen molar-refractivity contribution < 1.29 is 34.0 Å². The molecule has 1 fully saturated rings. The molecule has 3 aromatic rings. The van der Waals surface area contributed by atoms with Crippen LogP contribution in [-0.4, -0.2) is 48.2 Å². The second kappa shape index (κ2) is 10.2. The number of aliphatic hydroxyl groups excluding tert-OH is 1. The highest BCUT2D eigenvalue weighted by Gasteiger charge is 2.28. The second-order valence-electron chi connectivity index (χ2n) is 9.49. The molecule has 3 unspecified atom stereocenters. The topological polar surface area (TPSA) is 94.5 Å². The standard InChI is InChI=1S/C29H30O7/c1-17-8-23(36-27-16-33-15-25(27)30)9-18(2)29(17)20-5-3-4-19(10-20)13-34-22-6-7-24-21(11-28(31)32)14-35-26(24)12-22/h3-10,12,21,25,27,30H,11,13-16H2,1-2H3,(H,31,32). The molecule has 7 heteroatoms. The number of fused-ring (bicyclic) bond motifs is 1. The zero-order chi connectivity index (χ0) is 25.2. The molecule has 7 nitrogen and oxygen atoms in total. The number of carboxylic acid groups (broad SMARTS) is 1. The number of benzene rings is 3. The Morgan fingerprint density at radius 3 is 2.53 bits per heavy atom. The number of carboxylic acids is 1. The smallest absolute Gasteiger partial charge is 0.304 e. The molecule has 188 valence electrons. The summed E-state index contributed by atoms with van der Waals surface area (Å²) in [5, 5.41) is 19.1. The largest absolute Gasteiger partial charge is 0.492 e. The molecule has 36 heavy (non-hydrogen) atoms. The van der Waals surface area contributed by atoms with Crippen LogP contribution in [0.4, 0.5) is 0 Å². The minimum Gasteiger partial charge on any atom is -0.492 e. The van der Waals surface area contributed by atoms with E-state index in [-0.39, 0.29) is 18.4 Å². The summed E-state index contributed by atoms with van der Waals surface area (Å²) < 4.78 is 23.0. The van der Waals surface area contributed by atoms with Crippen molar-refractivity contribution >= 4 is 5.97 Å². The van der Waals surface area contributed by atoms with Crippen LogP contribution in [0.15, 0.2) is 54.6 Å². The van der Waals surface area contributed by atoms with Crippen molar-refractivity contribution in [3.63, 3.8) is 0 Å². The summed E-state index contributed by atoms with van der Waals surface area (Å²) in [6.07, 6.45) is -0.892. The van der Waals surface area contributed by atoms with E-state index in [1.165, 1.54) is 0 Å². The monoisotopic (exact) mass is 490 g/mol. The molecule has 0 amide bonds. The van der Waals surface area contributed by atoms with Crippen LogP contribution < -0.4 is 14.2 Å². The molecule has 0 radical (unpaired) electrons. The van der Waals surface area contributed by atoms with Crippen LogP contribution in [0.1, 0.15) is 34.6 Å². The molecule has 5 rings (SSSR count). The normalized spacial score (nSPS) is 20.6. The number of ether oxygens (including phenoxy) is 4. The highest BCUT2D eigenvalue weighted by molar-refractivity contribution is 5.72. The fourth-order valence-corrected chi connectivity index (χ4v) is 4.97. The molecule has 2 aliphatic rings. The lowest BCUT2D eigenvalue weighted by Gasteiger charge is -2.19. The van der Waals surface area contributed by atoms with Crippen LogP contribution in [0.3, 0.4) is 0 Å². The third kappa shape index (κ3) is 5.17. The molecule has 0 spiro atoms. The molecule has 2 heterocycles. The first-order valence-corrected chi connectivity index (χ1v) is 12.1. The summed E-state index contributed by atoms with van der Waals surface area (Å²) in [4.78, 5) is 11.1. The Morgan fingerprint density at radius 1 is 1.00 bits per heavy atom. The SMILES string of the molecule is Cc1cc(OC2COCC2O)cc(C)c1-c1cccc(COc2ccc3c(c2)OCC3CC(=O)O)c1. The van der Waals surface area contributed by atoms with Crippen molar-refractivity contribution in [3.8, 4) is 28.4 Å². The fourth-order valence-electron chi connectivity index (χ4n) is 4.97. The summed E-state index contributed by atoms with van der Waals surface area (Å²) in [6, 6.07) is 17.8. The van der Waals surface area contributed by atoms with E-state index in [0.717, 1.165) is 39.1 Å². The number of carbonyl (C=O) groups is 1. The van der Waals surface area contributed by atoms with Gasteiger partial charge in [-0.25, -0.2) is 0 Å². The molecule has 2 aliphatic heterocycles. The van der Waals surface area contributed by atoms with Gasteiger partial charge in [-0.05, 0) is 65.9 Å². The van der Waals surface area contributed by atoms with Gasteiger partial charge in [-0.15, -0.1) is 0 Å². The Bertz CT molecular complexity index is 1250. The van der Waals surface area contributed by atoms with Gasteiger partial charge in [0.05, 0.1) is 26.2 Å². The molecular weight excluding hydrogens is 460 g/mol. The van der Waals surface area contributed by atoms with E-state index in [4.69, 9.17) is 24.1 Å². The Hall–Kier alpha value is -3.55. The van der Waals surface area contributed by atoms with Gasteiger partial charge < -0.3 is 29.2 Å². The number of aliphatic hydroxyl groups is 1. The van der Waals surface area contributed by atoms with Gasteiger partial charge in [-0.3, -0.25) is 4.79 Å². The highest BCUT2D eigenvalue weighted by Crippen LogP contribution is 2.38. The van der Waals surface area contributed by atoms with Crippen LogP contribution in [0.2, 0.25) is 0 Å². The summed E-state index contributed by atoms with van der Waals surface area (Å²) in [6.45, 7) is 5.58. The Labute approximate surface area is 210 Å². The minimum atomic E-state index is -0.827. The van der Waals surface area contributed by atoms with E-state index in [9.17, 15) is 9.90 Å². The van der Waals surface area contributed by atoms with Gasteiger partial charge in [0.1, 0.15) is 36.1 Å². The van der Waals surface area contributed by atoms with Crippen LogP contribution in [0.25, 0.3) is 11.1 Å². The van der Waals surface area contributed by atoms with E-state index in [1.54, 1.807) is 0 Å². The van der Waals surface area contributed by atoms with Gasteiger partial charge >= 0.3 is 5.97 Å². The van der Waals surface area contributed by atoms with Crippen molar-refractivity contribution in [3.05, 3.63) is 76.9 Å². The van der Waals surface area contributed by atoms with E-state index < -0.39 is 12.1 Å². The van der Waals surface area contributed by atoms with Gasteiger partial charge in [-0.1, -0.05) is 24.3 Å². The molecule has 3 aromatic carbocycles. The lowest BCUT2D eigenvalue weighted by molar-refractivity contribution is -0.137. The predicted molar refractivity (Wildman–Crippen MR) is 134 cm³/mol. The fraction of sp³-hybridized carbons (Fsp3) is 0.345. The number of hydrogen-bond acceptors (Lipinski definition) is 6. The van der Waals surface area contributed by atoms with E-state index in [1.807, 2.05) is 42.5 Å². The van der Waals surface area contributed by atoms with Crippen molar-refractivity contribution in [2.75, 3.05) is 19.8 Å². The maximum Gasteiger partial charge on any atom is 0.304 e. The summed E-state index contributed by atoms with van der Waals surface area (Å²) in [7, 11) is 0. The molecule has 0 aliphatic carbocycles. The zero-order valence-corrected chi connectivity index (χ0v) is 20.4. The van der Waals surface area contributed by atoms with Gasteiger partial charge in [0.2, 0.25) is 0 Å². The number of hydrogen-bond donors (Lipinski definition) is 2. The first-order valence-electron chi connectivity index (χ1n) is 12.1. The Morgan fingerprint density at radius 2 is 1.81 bits per heavy atom. The molecule has 0 aromatic heterocycles. The zero-order valence-electron chi connectivity index (χ0n) is 20.4. The van der Waals surface area contributed by atoms with Crippen LogP contribution in [0.5, 0.6) is 17.2 Å². The highest BCUT2D eigenvalue weighted by atomic mass is 16.6. The maximum atomic E-state index is 11.1. The maximum absolute atomic E-state index is 11.1. The molecule has 0 saturated carbocycles. The first kappa shape index (κ1) is 24.2. The third-order valence-electron chi connectivity index (χ3n) is 6.70. The van der Waals surface area contributed by atoms with Crippen LogP contribution in [-0.2, 0) is 16.1 Å². The number of rotatable bonds is 8. The summed E-state index contributed by atoms with van der Waals surface area (Å²) >= 11 is 0. The Balaban J connectivity index is 1.28. The van der Waals surface area contributed by atoms with Crippen molar-refractivity contribution in [2.24, 2.45) is 0 Å². The van der Waals surface area contributed by atoms with E-state index >= 15 is 0 Å². The molecule has 0 bridgehead atoms. The predicted octanol–water partition coefficient (Wildman–Crippen LogP) is 4.64. The van der Waals surface area contributed by atoms with Crippen LogP contribution >= 0.6 is 0 Å². The quantitative estimate of drug-likeness (QED) is 0.475. The van der Waals surface area contributed by atoms with Crippen molar-refractivity contribution in [1.82, 2.24) is 0 Å². The lowest BCUT2D eigenvalue weighted by Crippen LogP contribution is -2.29. The van der Waals surface area contributed by atoms with Crippen molar-refractivity contribution in [2.45, 2.75) is 45.0 Å². The number of aliphatic carboxylic acids is 1. The summed E-state index contributed by atoms with van der Waals surface area (Å²) in [5.41, 5.74) is 6.35. The van der Waals surface area contributed by atoms with Crippen LogP contribution in [0, 0.1) is 13.8 Å². The van der Waals surface area contributed by atoms with Crippen molar-refractivity contribution in [1.29, 1.82) is 0 Å². The van der Waals surface area contributed by atoms with Gasteiger partial charge in [0.15, 0.2) is 0 Å². The number of aryl methyl sites for hydroxylation is 2. The average Bonchev–Trinajstić information content (AvgIpc) is 3.42. The second-order valence-corrected chi connectivity index (χ2v) is 9.49.